The van der Waals surface area contributed by atoms with Crippen LogP contribution in [0, 0.1) is 5.41 Å². The van der Waals surface area contributed by atoms with Gasteiger partial charge < -0.3 is 21.3 Å². The number of phenolic OH excluding ortho intramolecular Hbond substituents is 1. The Morgan fingerprint density at radius 1 is 1.04 bits per heavy atom. The molecule has 0 aliphatic carbocycles. The quantitative estimate of drug-likeness (QED) is 0.392. The number of nitrogens with one attached hydrogen (secondary N) is 1. The van der Waals surface area contributed by atoms with Crippen LogP contribution in [0.25, 0.3) is 10.8 Å². The smallest absolute Gasteiger partial charge is 0.248 e. The van der Waals surface area contributed by atoms with Crippen LogP contribution in [0.15, 0.2) is 72.8 Å². The fourth-order valence-corrected chi connectivity index (χ4v) is 3.11. The van der Waals surface area contributed by atoms with Crippen LogP contribution in [0.1, 0.15) is 25.5 Å². The molecule has 0 spiro atoms. The van der Waals surface area contributed by atoms with E-state index in [-0.39, 0.29) is 11.7 Å². The lowest BCUT2D eigenvalue weighted by Gasteiger charge is -2.28. The molecule has 3 rings (SSSR count). The highest BCUT2D eigenvalue weighted by molar-refractivity contribution is 6.01. The number of fused-ring (bicyclic) bond motifs is 1. The molecule has 0 aliphatic rings. The Morgan fingerprint density at radius 3 is 2.39 bits per heavy atom. The SMILES string of the molecule is CC(C)(/C=C/C(=O)Nc1ccccc1N)[C@H](O)c1ccc(O)c2ccccc12. The van der Waals surface area contributed by atoms with Gasteiger partial charge in [-0.15, -0.1) is 0 Å². The van der Waals surface area contributed by atoms with Gasteiger partial charge in [0.25, 0.3) is 0 Å². The Morgan fingerprint density at radius 2 is 1.68 bits per heavy atom. The van der Waals surface area contributed by atoms with Crippen molar-refractivity contribution in [1.82, 2.24) is 0 Å². The Hall–Kier alpha value is -3.31. The van der Waals surface area contributed by atoms with E-state index < -0.39 is 11.5 Å². The predicted molar refractivity (Wildman–Crippen MR) is 113 cm³/mol. The van der Waals surface area contributed by atoms with Crippen molar-refractivity contribution in [3.63, 3.8) is 0 Å². The average Bonchev–Trinajstić information content (AvgIpc) is 2.68. The number of carbonyl (C=O) groups excluding carboxylic acids is 1. The number of benzene rings is 3. The zero-order valence-electron chi connectivity index (χ0n) is 15.9. The largest absolute Gasteiger partial charge is 0.507 e. The molecule has 5 N–H and O–H groups in total. The monoisotopic (exact) mass is 376 g/mol. The fourth-order valence-electron chi connectivity index (χ4n) is 3.11. The Kier molecular flexibility index (Phi) is 5.38. The van der Waals surface area contributed by atoms with Crippen LogP contribution >= 0.6 is 0 Å². The molecule has 0 aromatic heterocycles. The summed E-state index contributed by atoms with van der Waals surface area (Å²) in [7, 11) is 0. The van der Waals surface area contributed by atoms with Gasteiger partial charge in [0.1, 0.15) is 5.75 Å². The molecule has 3 aromatic rings. The van der Waals surface area contributed by atoms with Gasteiger partial charge in [-0.25, -0.2) is 0 Å². The van der Waals surface area contributed by atoms with Crippen molar-refractivity contribution in [2.24, 2.45) is 5.41 Å². The first kappa shape index (κ1) is 19.5. The number of amides is 1. The second-order valence-electron chi connectivity index (χ2n) is 7.35. The number of hydrogen-bond acceptors (Lipinski definition) is 4. The number of nitrogens with two attached hydrogens (primary N) is 1. The molecule has 0 fully saturated rings. The highest BCUT2D eigenvalue weighted by atomic mass is 16.3. The summed E-state index contributed by atoms with van der Waals surface area (Å²) in [5.74, 6) is -0.159. The Balaban J connectivity index is 1.82. The first-order valence-electron chi connectivity index (χ1n) is 9.03. The topological polar surface area (TPSA) is 95.6 Å². The number of aromatic hydroxyl groups is 1. The number of hydrogen-bond donors (Lipinski definition) is 4. The number of aliphatic hydroxyl groups excluding tert-OH is 1. The molecule has 0 bridgehead atoms. The van der Waals surface area contributed by atoms with Crippen LogP contribution in [0.4, 0.5) is 11.4 Å². The molecular formula is C23H24N2O3. The maximum Gasteiger partial charge on any atom is 0.248 e. The number of phenols is 1. The van der Waals surface area contributed by atoms with Crippen molar-refractivity contribution in [2.75, 3.05) is 11.1 Å². The molecule has 0 unspecified atom stereocenters. The third-order valence-corrected chi connectivity index (χ3v) is 4.82. The van der Waals surface area contributed by atoms with E-state index in [9.17, 15) is 15.0 Å². The Bertz CT molecular complexity index is 1040. The molecular weight excluding hydrogens is 352 g/mol. The van der Waals surface area contributed by atoms with E-state index in [0.29, 0.717) is 22.3 Å². The second-order valence-corrected chi connectivity index (χ2v) is 7.35. The minimum Gasteiger partial charge on any atom is -0.507 e. The van der Waals surface area contributed by atoms with Gasteiger partial charge >= 0.3 is 0 Å². The summed E-state index contributed by atoms with van der Waals surface area (Å²) in [4.78, 5) is 12.3. The third-order valence-electron chi connectivity index (χ3n) is 4.82. The first-order chi connectivity index (χ1) is 13.3. The second kappa shape index (κ2) is 7.74. The molecule has 28 heavy (non-hydrogen) atoms. The number of rotatable bonds is 5. The minimum absolute atomic E-state index is 0.166. The molecule has 3 aromatic carbocycles. The van der Waals surface area contributed by atoms with Gasteiger partial charge in [-0.1, -0.05) is 62.4 Å². The molecule has 0 saturated heterocycles. The lowest BCUT2D eigenvalue weighted by Crippen LogP contribution is -2.21. The van der Waals surface area contributed by atoms with E-state index in [1.165, 1.54) is 6.08 Å². The third kappa shape index (κ3) is 4.00. The molecule has 1 atom stereocenters. The van der Waals surface area contributed by atoms with Gasteiger partial charge in [-0.05, 0) is 35.2 Å². The molecule has 5 nitrogen and oxygen atoms in total. The van der Waals surface area contributed by atoms with Crippen LogP contribution in [0.5, 0.6) is 5.75 Å². The van der Waals surface area contributed by atoms with Gasteiger partial charge in [-0.3, -0.25) is 4.79 Å². The van der Waals surface area contributed by atoms with Crippen LogP contribution in [-0.4, -0.2) is 16.1 Å². The molecule has 0 heterocycles. The average molecular weight is 376 g/mol. The van der Waals surface area contributed by atoms with E-state index in [4.69, 9.17) is 5.73 Å². The van der Waals surface area contributed by atoms with E-state index in [2.05, 4.69) is 5.32 Å². The first-order valence-corrected chi connectivity index (χ1v) is 9.03. The Labute approximate surface area is 164 Å². The molecule has 0 radical (unpaired) electrons. The summed E-state index contributed by atoms with van der Waals surface area (Å²) in [5, 5.41) is 25.2. The van der Waals surface area contributed by atoms with Crippen LogP contribution in [0.2, 0.25) is 0 Å². The van der Waals surface area contributed by atoms with Gasteiger partial charge in [0, 0.05) is 10.8 Å². The van der Waals surface area contributed by atoms with Crippen molar-refractivity contribution < 1.29 is 15.0 Å². The van der Waals surface area contributed by atoms with Crippen molar-refractivity contribution >= 4 is 28.1 Å². The standard InChI is InChI=1S/C23H24N2O3/c1-23(2,14-13-21(27)25-19-10-6-5-9-18(19)24)22(28)17-11-12-20(26)16-8-4-3-7-15(16)17/h3-14,22,26,28H,24H2,1-2H3,(H,25,27)/b14-13+/t22-/m1/s1. The molecule has 0 saturated carbocycles. The highest BCUT2D eigenvalue weighted by Gasteiger charge is 2.28. The molecule has 144 valence electrons. The maximum atomic E-state index is 12.3. The summed E-state index contributed by atoms with van der Waals surface area (Å²) in [5.41, 5.74) is 6.84. The zero-order chi connectivity index (χ0) is 20.3. The summed E-state index contributed by atoms with van der Waals surface area (Å²) in [6.07, 6.45) is 2.20. The number of carbonyl (C=O) groups is 1. The van der Waals surface area contributed by atoms with E-state index >= 15 is 0 Å². The van der Waals surface area contributed by atoms with Crippen LogP contribution < -0.4 is 11.1 Å². The number of nitrogen functional groups attached to an aromatic ring is 1. The number of anilines is 2. The van der Waals surface area contributed by atoms with Gasteiger partial charge in [0.15, 0.2) is 0 Å². The van der Waals surface area contributed by atoms with Gasteiger partial charge in [0.2, 0.25) is 5.91 Å². The van der Waals surface area contributed by atoms with E-state index in [0.717, 1.165) is 5.39 Å². The maximum absolute atomic E-state index is 12.3. The zero-order valence-corrected chi connectivity index (χ0v) is 15.9. The molecule has 5 heteroatoms. The highest BCUT2D eigenvalue weighted by Crippen LogP contribution is 2.39. The number of aliphatic hydroxyl groups is 1. The van der Waals surface area contributed by atoms with Crippen molar-refractivity contribution in [3.8, 4) is 5.75 Å². The number of para-hydroxylation sites is 2. The lowest BCUT2D eigenvalue weighted by atomic mass is 9.80. The van der Waals surface area contributed by atoms with Gasteiger partial charge in [0.05, 0.1) is 17.5 Å². The normalized spacial score (nSPS) is 13.0. The van der Waals surface area contributed by atoms with Crippen molar-refractivity contribution in [1.29, 1.82) is 0 Å². The molecule has 1 amide bonds. The summed E-state index contributed by atoms with van der Waals surface area (Å²) < 4.78 is 0. The predicted octanol–water partition coefficient (Wildman–Crippen LogP) is 4.38. The van der Waals surface area contributed by atoms with E-state index in [1.54, 1.807) is 48.5 Å². The van der Waals surface area contributed by atoms with Gasteiger partial charge in [-0.2, -0.15) is 0 Å². The molecule has 0 aliphatic heterocycles. The minimum atomic E-state index is -0.871. The fraction of sp³-hybridized carbons (Fsp3) is 0.174. The van der Waals surface area contributed by atoms with Crippen molar-refractivity contribution in [3.05, 3.63) is 78.4 Å². The van der Waals surface area contributed by atoms with Crippen LogP contribution in [-0.2, 0) is 4.79 Å². The lowest BCUT2D eigenvalue weighted by molar-refractivity contribution is -0.112. The summed E-state index contributed by atoms with van der Waals surface area (Å²) >= 11 is 0. The summed E-state index contributed by atoms with van der Waals surface area (Å²) in [6.45, 7) is 3.69. The van der Waals surface area contributed by atoms with Crippen LogP contribution in [0.3, 0.4) is 0 Å². The summed E-state index contributed by atoms with van der Waals surface area (Å²) in [6, 6.07) is 17.7. The van der Waals surface area contributed by atoms with Crippen molar-refractivity contribution in [2.45, 2.75) is 20.0 Å². The van der Waals surface area contributed by atoms with E-state index in [1.807, 2.05) is 32.0 Å².